The number of benzene rings is 2. The van der Waals surface area contributed by atoms with Gasteiger partial charge in [-0.1, -0.05) is 78.9 Å². The number of aromatic nitrogens is 1. The van der Waals surface area contributed by atoms with E-state index in [4.69, 9.17) is 11.6 Å². The number of rotatable bonds is 6. The van der Waals surface area contributed by atoms with Gasteiger partial charge in [-0.25, -0.2) is 0 Å². The molecule has 2 aromatic carbocycles. The molecule has 36 heavy (non-hydrogen) atoms. The lowest BCUT2D eigenvalue weighted by atomic mass is 9.75. The van der Waals surface area contributed by atoms with Crippen LogP contribution in [0.4, 0.5) is 5.69 Å². The molecule has 0 unspecified atom stereocenters. The van der Waals surface area contributed by atoms with Gasteiger partial charge in [-0.3, -0.25) is 0 Å². The summed E-state index contributed by atoms with van der Waals surface area (Å²) in [6, 6.07) is 14.6. The highest BCUT2D eigenvalue weighted by Gasteiger charge is 2.28. The van der Waals surface area contributed by atoms with Crippen molar-refractivity contribution in [1.29, 1.82) is 0 Å². The number of hydrogen-bond acceptors (Lipinski definition) is 4. The van der Waals surface area contributed by atoms with Crippen LogP contribution in [0.2, 0.25) is 5.02 Å². The third-order valence-corrected chi connectivity index (χ3v) is 9.04. The van der Waals surface area contributed by atoms with Crippen molar-refractivity contribution in [2.75, 3.05) is 18.1 Å². The van der Waals surface area contributed by atoms with Crippen molar-refractivity contribution in [2.45, 2.75) is 45.1 Å². The number of aliphatic hydroxyl groups excluding tert-OH is 1. The molecule has 0 bridgehead atoms. The van der Waals surface area contributed by atoms with Crippen molar-refractivity contribution in [3.05, 3.63) is 93.0 Å². The fourth-order valence-electron chi connectivity index (χ4n) is 5.14. The SMILES string of the molecule is CC[n+]1c(C=CC=C2C=C(C=C3Sc4ccc(Cl)cc4N3CCO)CC(C)(C)C2)sc2ccccc21. The number of para-hydroxylation sites is 1. The van der Waals surface area contributed by atoms with Crippen molar-refractivity contribution in [3.63, 3.8) is 0 Å². The maximum Gasteiger partial charge on any atom is 0.262 e. The molecule has 2 heterocycles. The van der Waals surface area contributed by atoms with Gasteiger partial charge in [0.1, 0.15) is 11.2 Å². The van der Waals surface area contributed by atoms with E-state index < -0.39 is 0 Å². The quantitative estimate of drug-likeness (QED) is 0.324. The molecule has 3 aromatic rings. The van der Waals surface area contributed by atoms with Crippen LogP contribution in [0, 0.1) is 5.41 Å². The van der Waals surface area contributed by atoms with E-state index in [9.17, 15) is 5.11 Å². The van der Waals surface area contributed by atoms with Crippen LogP contribution in [-0.4, -0.2) is 18.3 Å². The summed E-state index contributed by atoms with van der Waals surface area (Å²) in [6.45, 7) is 8.50. The number of allylic oxidation sites excluding steroid dienone is 6. The Kier molecular flexibility index (Phi) is 7.45. The second kappa shape index (κ2) is 10.6. The largest absolute Gasteiger partial charge is 0.395 e. The number of thioether (sulfide) groups is 1. The number of hydrogen-bond donors (Lipinski definition) is 1. The molecule has 6 heteroatoms. The fraction of sp³-hybridized carbons (Fsp3) is 0.300. The number of thiazole rings is 1. The lowest BCUT2D eigenvalue weighted by Gasteiger charge is -2.31. The molecule has 0 atom stereocenters. The summed E-state index contributed by atoms with van der Waals surface area (Å²) in [7, 11) is 0. The van der Waals surface area contributed by atoms with Crippen LogP contribution in [-0.2, 0) is 6.54 Å². The molecule has 3 nitrogen and oxygen atoms in total. The molecule has 5 rings (SSSR count). The standard InChI is InChI=1S/C30H32ClN2OS2/c1-4-32-24-9-5-6-10-26(24)35-28(32)11-7-8-21-16-22(20-30(2,3)19-21)17-29-33(14-15-34)25-18-23(31)12-13-27(25)36-29/h5-13,16-18,34H,4,14-15,19-20H2,1-3H3/q+1. The Bertz CT molecular complexity index is 1410. The Hall–Kier alpha value is -2.31. The maximum atomic E-state index is 9.70. The van der Waals surface area contributed by atoms with Gasteiger partial charge in [-0.2, -0.15) is 4.57 Å². The average molecular weight is 536 g/mol. The zero-order chi connectivity index (χ0) is 25.3. The predicted molar refractivity (Wildman–Crippen MR) is 156 cm³/mol. The third-order valence-electron chi connectivity index (χ3n) is 6.56. The van der Waals surface area contributed by atoms with Gasteiger partial charge in [0.15, 0.2) is 0 Å². The van der Waals surface area contributed by atoms with Crippen LogP contribution in [0.1, 0.15) is 38.6 Å². The molecule has 1 aromatic heterocycles. The average Bonchev–Trinajstić information content (AvgIpc) is 3.35. The number of nitrogens with zero attached hydrogens (tertiary/aromatic N) is 2. The van der Waals surface area contributed by atoms with Gasteiger partial charge in [0.2, 0.25) is 5.52 Å². The number of halogens is 1. The first-order valence-corrected chi connectivity index (χ1v) is 14.4. The van der Waals surface area contributed by atoms with Crippen molar-refractivity contribution in [3.8, 4) is 0 Å². The van der Waals surface area contributed by atoms with E-state index in [1.807, 2.05) is 23.5 Å². The molecule has 0 saturated heterocycles. The summed E-state index contributed by atoms with van der Waals surface area (Å²) < 4.78 is 3.70. The topological polar surface area (TPSA) is 27.4 Å². The van der Waals surface area contributed by atoms with Crippen LogP contribution in [0.25, 0.3) is 16.3 Å². The Morgan fingerprint density at radius 3 is 2.81 bits per heavy atom. The maximum absolute atomic E-state index is 9.70. The normalized spacial score (nSPS) is 19.6. The van der Waals surface area contributed by atoms with Crippen molar-refractivity contribution in [2.24, 2.45) is 5.41 Å². The molecule has 186 valence electrons. The summed E-state index contributed by atoms with van der Waals surface area (Å²) >= 11 is 9.87. The van der Waals surface area contributed by atoms with E-state index in [1.165, 1.54) is 31.3 Å². The van der Waals surface area contributed by atoms with Crippen LogP contribution >= 0.6 is 34.7 Å². The molecular formula is C30H32ClN2OS2+. The van der Waals surface area contributed by atoms with E-state index in [-0.39, 0.29) is 12.0 Å². The number of anilines is 1. The summed E-state index contributed by atoms with van der Waals surface area (Å²) in [5, 5.41) is 12.8. The number of fused-ring (bicyclic) bond motifs is 2. The van der Waals surface area contributed by atoms with E-state index >= 15 is 0 Å². The molecule has 1 aliphatic heterocycles. The van der Waals surface area contributed by atoms with E-state index in [2.05, 4.69) is 91.0 Å². The monoisotopic (exact) mass is 535 g/mol. The smallest absolute Gasteiger partial charge is 0.262 e. The number of β-amino-alcohol motifs (C(OH)–C–C–N with tert-alkyl or cyclic N) is 1. The van der Waals surface area contributed by atoms with Crippen LogP contribution in [0.15, 0.2) is 87.8 Å². The highest BCUT2D eigenvalue weighted by Crippen LogP contribution is 2.48. The zero-order valence-electron chi connectivity index (χ0n) is 21.0. The third kappa shape index (κ3) is 5.35. The lowest BCUT2D eigenvalue weighted by molar-refractivity contribution is -0.665. The molecule has 0 saturated carbocycles. The Morgan fingerprint density at radius 1 is 1.17 bits per heavy atom. The van der Waals surface area contributed by atoms with Crippen molar-refractivity contribution >= 4 is 56.7 Å². The molecular weight excluding hydrogens is 504 g/mol. The lowest BCUT2D eigenvalue weighted by Crippen LogP contribution is -2.33. The van der Waals surface area contributed by atoms with Gasteiger partial charge >= 0.3 is 0 Å². The first kappa shape index (κ1) is 25.3. The molecule has 0 fully saturated rings. The zero-order valence-corrected chi connectivity index (χ0v) is 23.4. The highest BCUT2D eigenvalue weighted by molar-refractivity contribution is 8.03. The Labute approximate surface area is 227 Å². The predicted octanol–water partition coefficient (Wildman–Crippen LogP) is 7.99. The van der Waals surface area contributed by atoms with Crippen LogP contribution in [0.3, 0.4) is 0 Å². The minimum Gasteiger partial charge on any atom is -0.395 e. The summed E-state index contributed by atoms with van der Waals surface area (Å²) in [5.41, 5.74) is 5.23. The van der Waals surface area contributed by atoms with Gasteiger partial charge in [0.05, 0.1) is 17.3 Å². The molecule has 1 aliphatic carbocycles. The minimum absolute atomic E-state index is 0.0971. The Morgan fingerprint density at radius 2 is 2.00 bits per heavy atom. The van der Waals surface area contributed by atoms with Crippen molar-refractivity contribution in [1.82, 2.24) is 0 Å². The summed E-state index contributed by atoms with van der Waals surface area (Å²) in [4.78, 5) is 3.36. The van der Waals surface area contributed by atoms with Crippen LogP contribution in [0.5, 0.6) is 0 Å². The van der Waals surface area contributed by atoms with Gasteiger partial charge in [0, 0.05) is 28.6 Å². The van der Waals surface area contributed by atoms with E-state index in [1.54, 1.807) is 11.8 Å². The first-order valence-electron chi connectivity index (χ1n) is 12.4. The van der Waals surface area contributed by atoms with Crippen molar-refractivity contribution < 1.29 is 9.67 Å². The van der Waals surface area contributed by atoms with Gasteiger partial charge in [-0.15, -0.1) is 0 Å². The second-order valence-corrected chi connectivity index (χ2v) is 12.6. The summed E-state index contributed by atoms with van der Waals surface area (Å²) in [6.07, 6.45) is 13.4. The van der Waals surface area contributed by atoms with Crippen LogP contribution < -0.4 is 9.47 Å². The van der Waals surface area contributed by atoms with E-state index in [0.29, 0.717) is 6.54 Å². The molecule has 0 spiro atoms. The minimum atomic E-state index is 0.0971. The first-order chi connectivity index (χ1) is 17.4. The molecule has 0 amide bonds. The fourth-order valence-corrected chi connectivity index (χ4v) is 7.59. The summed E-state index contributed by atoms with van der Waals surface area (Å²) in [5.74, 6) is 0. The highest BCUT2D eigenvalue weighted by atomic mass is 35.5. The molecule has 1 N–H and O–H groups in total. The van der Waals surface area contributed by atoms with Gasteiger partial charge < -0.3 is 10.0 Å². The Balaban J connectivity index is 1.44. The number of aliphatic hydroxyl groups is 1. The van der Waals surface area contributed by atoms with E-state index in [0.717, 1.165) is 35.1 Å². The molecule has 0 radical (unpaired) electrons. The number of aryl methyl sites for hydroxylation is 1. The second-order valence-electron chi connectivity index (χ2n) is 10.1. The van der Waals surface area contributed by atoms with Gasteiger partial charge in [0.25, 0.3) is 5.01 Å². The molecule has 2 aliphatic rings. The van der Waals surface area contributed by atoms with Gasteiger partial charge in [-0.05, 0) is 66.7 Å².